The van der Waals surface area contributed by atoms with E-state index in [1.165, 1.54) is 0 Å². The van der Waals surface area contributed by atoms with Crippen LogP contribution in [0.25, 0.3) is 0 Å². The molecular weight excluding hydrogens is 176 g/mol. The summed E-state index contributed by atoms with van der Waals surface area (Å²) in [5, 5.41) is 14.7. The van der Waals surface area contributed by atoms with Crippen molar-refractivity contribution in [1.29, 1.82) is 10.8 Å². The van der Waals surface area contributed by atoms with Crippen LogP contribution in [0, 0.1) is 10.8 Å². The SMILES string of the molecule is CC1C(=N)CCCN1C(=N)N.Cl. The summed E-state index contributed by atoms with van der Waals surface area (Å²) in [5.41, 5.74) is 6.02. The zero-order valence-corrected chi connectivity index (χ0v) is 7.95. The van der Waals surface area contributed by atoms with Crippen LogP contribution in [0.4, 0.5) is 0 Å². The first-order chi connectivity index (χ1) is 5.13. The van der Waals surface area contributed by atoms with Crippen LogP contribution in [0.3, 0.4) is 0 Å². The second-order valence-electron chi connectivity index (χ2n) is 2.88. The number of nitrogens with one attached hydrogen (secondary N) is 2. The Balaban J connectivity index is 0.00000121. The number of nitrogens with zero attached hydrogens (tertiary/aromatic N) is 1. The number of hydrogen-bond donors (Lipinski definition) is 3. The van der Waals surface area contributed by atoms with Crippen molar-refractivity contribution in [2.45, 2.75) is 25.8 Å². The topological polar surface area (TPSA) is 77.0 Å². The van der Waals surface area contributed by atoms with Crippen molar-refractivity contribution in [3.05, 3.63) is 0 Å². The Morgan fingerprint density at radius 1 is 1.67 bits per heavy atom. The normalized spacial score (nSPS) is 23.2. The number of halogens is 1. The van der Waals surface area contributed by atoms with E-state index in [1.54, 1.807) is 4.90 Å². The summed E-state index contributed by atoms with van der Waals surface area (Å²) in [5.74, 6) is 0.0851. The Morgan fingerprint density at radius 2 is 2.25 bits per heavy atom. The minimum Gasteiger partial charge on any atom is -0.370 e. The van der Waals surface area contributed by atoms with Crippen molar-refractivity contribution in [2.75, 3.05) is 6.54 Å². The molecule has 1 fully saturated rings. The Labute approximate surface area is 78.5 Å². The van der Waals surface area contributed by atoms with E-state index in [0.717, 1.165) is 19.4 Å². The predicted octanol–water partition coefficient (Wildman–Crippen LogP) is 0.806. The lowest BCUT2D eigenvalue weighted by Crippen LogP contribution is -2.49. The van der Waals surface area contributed by atoms with Gasteiger partial charge in [0.1, 0.15) is 0 Å². The zero-order chi connectivity index (χ0) is 8.43. The van der Waals surface area contributed by atoms with E-state index in [9.17, 15) is 0 Å². The Morgan fingerprint density at radius 3 is 2.67 bits per heavy atom. The number of piperidine rings is 1. The molecular formula is C7H15ClN4. The summed E-state index contributed by atoms with van der Waals surface area (Å²) in [6, 6.07) is 0.0289. The molecule has 0 aromatic carbocycles. The van der Waals surface area contributed by atoms with Gasteiger partial charge in [-0.25, -0.2) is 0 Å². The standard InChI is InChI=1S/C7H14N4.ClH/c1-5-6(8)3-2-4-11(5)7(9)10;/h5,8H,2-4H2,1H3,(H3,9,10);1H. The first-order valence-corrected chi connectivity index (χ1v) is 3.81. The first kappa shape index (κ1) is 11.2. The molecule has 0 amide bonds. The van der Waals surface area contributed by atoms with Crippen molar-refractivity contribution in [3.63, 3.8) is 0 Å². The summed E-state index contributed by atoms with van der Waals surface area (Å²) in [7, 11) is 0. The molecule has 5 heteroatoms. The number of nitrogens with two attached hydrogens (primary N) is 1. The maximum atomic E-state index is 7.52. The van der Waals surface area contributed by atoms with E-state index in [1.807, 2.05) is 6.92 Å². The zero-order valence-electron chi connectivity index (χ0n) is 7.13. The van der Waals surface area contributed by atoms with Gasteiger partial charge in [0.15, 0.2) is 5.96 Å². The third-order valence-corrected chi connectivity index (χ3v) is 2.13. The van der Waals surface area contributed by atoms with E-state index < -0.39 is 0 Å². The molecule has 70 valence electrons. The lowest BCUT2D eigenvalue weighted by molar-refractivity contribution is 0.354. The molecule has 0 aliphatic carbocycles. The highest BCUT2D eigenvalue weighted by Gasteiger charge is 2.23. The van der Waals surface area contributed by atoms with Crippen molar-refractivity contribution < 1.29 is 0 Å². The molecule has 1 atom stereocenters. The van der Waals surface area contributed by atoms with E-state index in [0.29, 0.717) is 5.71 Å². The smallest absolute Gasteiger partial charge is 0.188 e. The van der Waals surface area contributed by atoms with Crippen molar-refractivity contribution in [3.8, 4) is 0 Å². The van der Waals surface area contributed by atoms with Gasteiger partial charge in [0.25, 0.3) is 0 Å². The minimum atomic E-state index is 0. The molecule has 4 N–H and O–H groups in total. The summed E-state index contributed by atoms with van der Waals surface area (Å²) >= 11 is 0. The molecule has 0 radical (unpaired) electrons. The summed E-state index contributed by atoms with van der Waals surface area (Å²) in [4.78, 5) is 1.76. The average Bonchev–Trinajstić information content (AvgIpc) is 1.94. The van der Waals surface area contributed by atoms with Gasteiger partial charge in [-0.2, -0.15) is 0 Å². The molecule has 1 heterocycles. The van der Waals surface area contributed by atoms with Crippen LogP contribution in [-0.4, -0.2) is 29.2 Å². The van der Waals surface area contributed by atoms with E-state index >= 15 is 0 Å². The van der Waals surface area contributed by atoms with Gasteiger partial charge in [0.2, 0.25) is 0 Å². The van der Waals surface area contributed by atoms with Crippen LogP contribution in [-0.2, 0) is 0 Å². The molecule has 0 aromatic rings. The second-order valence-corrected chi connectivity index (χ2v) is 2.88. The van der Waals surface area contributed by atoms with Gasteiger partial charge in [0.05, 0.1) is 6.04 Å². The number of guanidine groups is 1. The molecule has 1 saturated heterocycles. The van der Waals surface area contributed by atoms with Crippen LogP contribution in [0.5, 0.6) is 0 Å². The molecule has 1 unspecified atom stereocenters. The fourth-order valence-electron chi connectivity index (χ4n) is 1.36. The number of hydrogen-bond acceptors (Lipinski definition) is 2. The third-order valence-electron chi connectivity index (χ3n) is 2.13. The highest BCUT2D eigenvalue weighted by atomic mass is 35.5. The lowest BCUT2D eigenvalue weighted by Gasteiger charge is -2.33. The van der Waals surface area contributed by atoms with Crippen molar-refractivity contribution in [2.24, 2.45) is 5.73 Å². The molecule has 1 aliphatic rings. The Hall–Kier alpha value is -0.770. The van der Waals surface area contributed by atoms with Gasteiger partial charge in [-0.05, 0) is 19.8 Å². The molecule has 1 aliphatic heterocycles. The van der Waals surface area contributed by atoms with Crippen molar-refractivity contribution >= 4 is 24.1 Å². The molecule has 12 heavy (non-hydrogen) atoms. The molecule has 1 rings (SSSR count). The van der Waals surface area contributed by atoms with Crippen LogP contribution < -0.4 is 5.73 Å². The van der Waals surface area contributed by atoms with Gasteiger partial charge in [-0.3, -0.25) is 5.41 Å². The van der Waals surface area contributed by atoms with Crippen LogP contribution in [0.15, 0.2) is 0 Å². The fraction of sp³-hybridized carbons (Fsp3) is 0.714. The largest absolute Gasteiger partial charge is 0.370 e. The lowest BCUT2D eigenvalue weighted by atomic mass is 10.0. The van der Waals surface area contributed by atoms with Crippen molar-refractivity contribution in [1.82, 2.24) is 4.90 Å². The van der Waals surface area contributed by atoms with Crippen LogP contribution in [0.2, 0.25) is 0 Å². The maximum Gasteiger partial charge on any atom is 0.188 e. The fourth-order valence-corrected chi connectivity index (χ4v) is 1.36. The predicted molar refractivity (Wildman–Crippen MR) is 52.3 cm³/mol. The molecule has 4 nitrogen and oxygen atoms in total. The van der Waals surface area contributed by atoms with E-state index in [-0.39, 0.29) is 24.4 Å². The van der Waals surface area contributed by atoms with Gasteiger partial charge in [-0.1, -0.05) is 0 Å². The number of rotatable bonds is 0. The summed E-state index contributed by atoms with van der Waals surface area (Å²) in [6.45, 7) is 2.74. The van der Waals surface area contributed by atoms with Crippen LogP contribution >= 0.6 is 12.4 Å². The molecule has 0 aromatic heterocycles. The highest BCUT2D eigenvalue weighted by Crippen LogP contribution is 2.12. The van der Waals surface area contributed by atoms with E-state index in [4.69, 9.17) is 16.6 Å². The van der Waals surface area contributed by atoms with Crippen LogP contribution in [0.1, 0.15) is 19.8 Å². The summed E-state index contributed by atoms with van der Waals surface area (Å²) < 4.78 is 0. The molecule has 0 bridgehead atoms. The average molecular weight is 191 g/mol. The Kier molecular flexibility index (Phi) is 4.03. The first-order valence-electron chi connectivity index (χ1n) is 3.81. The highest BCUT2D eigenvalue weighted by molar-refractivity contribution is 5.91. The minimum absolute atomic E-state index is 0. The monoisotopic (exact) mass is 190 g/mol. The summed E-state index contributed by atoms with van der Waals surface area (Å²) in [6.07, 6.45) is 1.80. The maximum absolute atomic E-state index is 7.52. The quantitative estimate of drug-likeness (QED) is 0.391. The number of likely N-dealkylation sites (tertiary alicyclic amines) is 1. The van der Waals surface area contributed by atoms with Gasteiger partial charge < -0.3 is 16.0 Å². The van der Waals surface area contributed by atoms with Gasteiger partial charge >= 0.3 is 0 Å². The molecule has 0 saturated carbocycles. The third kappa shape index (κ3) is 2.11. The van der Waals surface area contributed by atoms with Gasteiger partial charge in [-0.15, -0.1) is 12.4 Å². The Bertz CT molecular complexity index is 192. The van der Waals surface area contributed by atoms with Gasteiger partial charge in [0, 0.05) is 12.3 Å². The molecule has 0 spiro atoms. The second kappa shape index (κ2) is 4.30. The van der Waals surface area contributed by atoms with E-state index in [2.05, 4.69) is 0 Å².